The van der Waals surface area contributed by atoms with Crippen LogP contribution in [-0.2, 0) is 0 Å². The Morgan fingerprint density at radius 2 is 0.750 bits per heavy atom. The molecule has 0 saturated carbocycles. The zero-order valence-electron chi connectivity index (χ0n) is 20.6. The molecule has 184 valence electrons. The van der Waals surface area contributed by atoms with E-state index in [1.807, 2.05) is 72.8 Å². The maximum Gasteiger partial charge on any atom is 0.314 e. The Hall–Kier alpha value is -4.25. The van der Waals surface area contributed by atoms with E-state index in [0.717, 1.165) is 48.7 Å². The van der Waals surface area contributed by atoms with Gasteiger partial charge in [-0.3, -0.25) is 0 Å². The maximum atomic E-state index is 12.4. The molecule has 0 unspecified atom stereocenters. The standard InChI is InChI=1S/C31H34N4O/c36-31(32-23-13-25-34(27-15-5-1-6-16-27)28-17-7-2-8-18-28)33-24-14-26-35(29-19-9-3-10-20-29)30-21-11-4-12-22-30/h1-12,15-22H,13-14,23-26H2,(H2,32,33,36). The first-order valence-electron chi connectivity index (χ1n) is 12.6. The van der Waals surface area contributed by atoms with Gasteiger partial charge in [0.15, 0.2) is 0 Å². The Kier molecular flexibility index (Phi) is 9.39. The molecule has 0 aliphatic heterocycles. The third-order valence-electron chi connectivity index (χ3n) is 5.96. The van der Waals surface area contributed by atoms with Gasteiger partial charge in [-0.25, -0.2) is 4.79 Å². The van der Waals surface area contributed by atoms with Crippen molar-refractivity contribution < 1.29 is 4.79 Å². The SMILES string of the molecule is O=C(NCCCN(c1ccccc1)c1ccccc1)NCCCN(c1ccccc1)c1ccccc1. The molecule has 0 bridgehead atoms. The van der Waals surface area contributed by atoms with E-state index in [2.05, 4.69) is 69.0 Å². The van der Waals surface area contributed by atoms with Crippen LogP contribution in [0, 0.1) is 0 Å². The van der Waals surface area contributed by atoms with E-state index in [1.165, 1.54) is 0 Å². The van der Waals surface area contributed by atoms with Crippen LogP contribution in [0.5, 0.6) is 0 Å². The minimum absolute atomic E-state index is 0.119. The molecule has 4 rings (SSSR count). The van der Waals surface area contributed by atoms with Crippen LogP contribution in [0.15, 0.2) is 121 Å². The number of para-hydroxylation sites is 4. The largest absolute Gasteiger partial charge is 0.341 e. The Morgan fingerprint density at radius 1 is 0.472 bits per heavy atom. The second-order valence-corrected chi connectivity index (χ2v) is 8.54. The number of amides is 2. The third kappa shape index (κ3) is 7.37. The quantitative estimate of drug-likeness (QED) is 0.222. The molecule has 2 N–H and O–H groups in total. The molecule has 0 saturated heterocycles. The summed E-state index contributed by atoms with van der Waals surface area (Å²) in [7, 11) is 0. The van der Waals surface area contributed by atoms with Crippen molar-refractivity contribution in [1.29, 1.82) is 0 Å². The minimum atomic E-state index is -0.119. The summed E-state index contributed by atoms with van der Waals surface area (Å²) in [6.45, 7) is 2.86. The van der Waals surface area contributed by atoms with Crippen molar-refractivity contribution in [3.63, 3.8) is 0 Å². The fraction of sp³-hybridized carbons (Fsp3) is 0.194. The van der Waals surface area contributed by atoms with Crippen LogP contribution in [0.3, 0.4) is 0 Å². The van der Waals surface area contributed by atoms with E-state index in [-0.39, 0.29) is 6.03 Å². The number of nitrogens with zero attached hydrogens (tertiary/aromatic N) is 2. The summed E-state index contributed by atoms with van der Waals surface area (Å²) in [6, 6.07) is 41.3. The first-order chi connectivity index (χ1) is 17.8. The molecule has 4 aromatic rings. The lowest BCUT2D eigenvalue weighted by Gasteiger charge is -2.25. The average Bonchev–Trinajstić information content (AvgIpc) is 2.95. The number of benzene rings is 4. The van der Waals surface area contributed by atoms with Crippen molar-refractivity contribution in [1.82, 2.24) is 10.6 Å². The van der Waals surface area contributed by atoms with Gasteiger partial charge in [0.05, 0.1) is 0 Å². The predicted octanol–water partition coefficient (Wildman–Crippen LogP) is 6.74. The summed E-state index contributed by atoms with van der Waals surface area (Å²) in [5.74, 6) is 0. The van der Waals surface area contributed by atoms with Gasteiger partial charge in [-0.2, -0.15) is 0 Å². The molecule has 0 aliphatic carbocycles. The predicted molar refractivity (Wildman–Crippen MR) is 150 cm³/mol. The molecule has 5 nitrogen and oxygen atoms in total. The number of carbonyl (C=O) groups is 1. The zero-order valence-corrected chi connectivity index (χ0v) is 20.6. The number of urea groups is 1. The molecule has 0 aliphatic rings. The second-order valence-electron chi connectivity index (χ2n) is 8.54. The van der Waals surface area contributed by atoms with Gasteiger partial charge < -0.3 is 20.4 Å². The number of carbonyl (C=O) groups excluding carboxylic acids is 1. The van der Waals surface area contributed by atoms with Crippen LogP contribution in [0.4, 0.5) is 27.5 Å². The summed E-state index contributed by atoms with van der Waals surface area (Å²) in [6.07, 6.45) is 1.68. The summed E-state index contributed by atoms with van der Waals surface area (Å²) in [4.78, 5) is 16.9. The van der Waals surface area contributed by atoms with Gasteiger partial charge in [0.1, 0.15) is 0 Å². The Bertz CT molecular complexity index is 982. The molecule has 0 atom stereocenters. The fourth-order valence-corrected chi connectivity index (χ4v) is 4.19. The average molecular weight is 479 g/mol. The molecule has 5 heteroatoms. The van der Waals surface area contributed by atoms with Crippen LogP contribution in [0.1, 0.15) is 12.8 Å². The topological polar surface area (TPSA) is 47.6 Å². The fourth-order valence-electron chi connectivity index (χ4n) is 4.19. The first kappa shape index (κ1) is 24.9. The van der Waals surface area contributed by atoms with Gasteiger partial charge in [-0.15, -0.1) is 0 Å². The molecule has 4 aromatic carbocycles. The molecule has 0 spiro atoms. The van der Waals surface area contributed by atoms with E-state index in [9.17, 15) is 4.79 Å². The minimum Gasteiger partial charge on any atom is -0.341 e. The van der Waals surface area contributed by atoms with Gasteiger partial charge in [-0.1, -0.05) is 72.8 Å². The van der Waals surface area contributed by atoms with E-state index in [1.54, 1.807) is 0 Å². The number of hydrogen-bond donors (Lipinski definition) is 2. The molecule has 0 radical (unpaired) electrons. The second kappa shape index (κ2) is 13.6. The summed E-state index contributed by atoms with van der Waals surface area (Å²) < 4.78 is 0. The zero-order chi connectivity index (χ0) is 24.8. The third-order valence-corrected chi connectivity index (χ3v) is 5.96. The molecular weight excluding hydrogens is 444 g/mol. The Labute approximate surface area is 214 Å². The number of nitrogens with one attached hydrogen (secondary N) is 2. The first-order valence-corrected chi connectivity index (χ1v) is 12.6. The highest BCUT2D eigenvalue weighted by Crippen LogP contribution is 2.25. The molecule has 0 aromatic heterocycles. The van der Waals surface area contributed by atoms with E-state index in [0.29, 0.717) is 13.1 Å². The van der Waals surface area contributed by atoms with Gasteiger partial charge in [0.2, 0.25) is 0 Å². The molecule has 0 fully saturated rings. The van der Waals surface area contributed by atoms with Crippen molar-refractivity contribution in [3.05, 3.63) is 121 Å². The lowest BCUT2D eigenvalue weighted by Crippen LogP contribution is -2.38. The highest BCUT2D eigenvalue weighted by Gasteiger charge is 2.10. The highest BCUT2D eigenvalue weighted by molar-refractivity contribution is 5.73. The van der Waals surface area contributed by atoms with Crippen LogP contribution in [-0.4, -0.2) is 32.2 Å². The van der Waals surface area contributed by atoms with Gasteiger partial charge in [-0.05, 0) is 61.4 Å². The highest BCUT2D eigenvalue weighted by atomic mass is 16.2. The molecule has 2 amide bonds. The maximum absolute atomic E-state index is 12.4. The van der Waals surface area contributed by atoms with Gasteiger partial charge in [0, 0.05) is 48.9 Å². The smallest absolute Gasteiger partial charge is 0.314 e. The molecule has 0 heterocycles. The van der Waals surface area contributed by atoms with Crippen molar-refractivity contribution in [2.24, 2.45) is 0 Å². The van der Waals surface area contributed by atoms with Crippen LogP contribution in [0.25, 0.3) is 0 Å². The lowest BCUT2D eigenvalue weighted by atomic mass is 10.2. The van der Waals surface area contributed by atoms with Crippen molar-refractivity contribution in [3.8, 4) is 0 Å². The number of rotatable bonds is 12. The van der Waals surface area contributed by atoms with Crippen molar-refractivity contribution >= 4 is 28.8 Å². The van der Waals surface area contributed by atoms with E-state index >= 15 is 0 Å². The summed E-state index contributed by atoms with van der Waals surface area (Å²) >= 11 is 0. The molecular formula is C31H34N4O. The summed E-state index contributed by atoms with van der Waals surface area (Å²) in [5.41, 5.74) is 4.59. The van der Waals surface area contributed by atoms with Crippen molar-refractivity contribution in [2.75, 3.05) is 36.0 Å². The van der Waals surface area contributed by atoms with Crippen LogP contribution >= 0.6 is 0 Å². The number of hydrogen-bond acceptors (Lipinski definition) is 3. The van der Waals surface area contributed by atoms with Gasteiger partial charge >= 0.3 is 6.03 Å². The van der Waals surface area contributed by atoms with Crippen LogP contribution in [0.2, 0.25) is 0 Å². The van der Waals surface area contributed by atoms with E-state index < -0.39 is 0 Å². The van der Waals surface area contributed by atoms with Crippen LogP contribution < -0.4 is 20.4 Å². The number of anilines is 4. The lowest BCUT2D eigenvalue weighted by molar-refractivity contribution is 0.241. The monoisotopic (exact) mass is 478 g/mol. The van der Waals surface area contributed by atoms with E-state index in [4.69, 9.17) is 0 Å². The van der Waals surface area contributed by atoms with Crippen molar-refractivity contribution in [2.45, 2.75) is 12.8 Å². The Morgan fingerprint density at radius 3 is 1.03 bits per heavy atom. The summed E-state index contributed by atoms with van der Waals surface area (Å²) in [5, 5.41) is 6.00. The van der Waals surface area contributed by atoms with Gasteiger partial charge in [0.25, 0.3) is 0 Å². The Balaban J connectivity index is 1.21. The normalized spacial score (nSPS) is 10.4. The molecule has 36 heavy (non-hydrogen) atoms.